The summed E-state index contributed by atoms with van der Waals surface area (Å²) in [6, 6.07) is 4.46. The molecule has 1 aromatic carbocycles. The second-order valence-electron chi connectivity index (χ2n) is 9.70. The molecule has 0 amide bonds. The van der Waals surface area contributed by atoms with Crippen molar-refractivity contribution < 1.29 is 27.0 Å². The van der Waals surface area contributed by atoms with Crippen LogP contribution in [0, 0.1) is 12.7 Å². The number of anilines is 1. The molecule has 2 fully saturated rings. The molecule has 0 saturated carbocycles. The van der Waals surface area contributed by atoms with E-state index in [1.807, 2.05) is 0 Å². The molecule has 2 saturated heterocycles. The highest BCUT2D eigenvalue weighted by atomic mass is 19.3. The molecular weight excluding hydrogens is 506 g/mol. The number of imidazole rings is 1. The molecule has 0 spiro atoms. The van der Waals surface area contributed by atoms with Crippen LogP contribution >= 0.6 is 0 Å². The number of piperidine rings is 1. The van der Waals surface area contributed by atoms with E-state index in [1.54, 1.807) is 25.3 Å². The van der Waals surface area contributed by atoms with Crippen LogP contribution in [0.25, 0.3) is 27.7 Å². The van der Waals surface area contributed by atoms with Gasteiger partial charge in [0.15, 0.2) is 5.82 Å². The first-order chi connectivity index (χ1) is 18.3. The Kier molecular flexibility index (Phi) is 6.34. The van der Waals surface area contributed by atoms with E-state index >= 15 is 4.39 Å². The lowest BCUT2D eigenvalue weighted by molar-refractivity contribution is -0.0794. The first-order valence-corrected chi connectivity index (χ1v) is 12.4. The maximum Gasteiger partial charge on any atom is 0.256 e. The molecule has 3 aromatic heterocycles. The summed E-state index contributed by atoms with van der Waals surface area (Å²) in [7, 11) is 1.45. The maximum absolute atomic E-state index is 15.0. The molecule has 1 N–H and O–H groups in total. The predicted molar refractivity (Wildman–Crippen MR) is 132 cm³/mol. The Hall–Kier alpha value is -3.45. The molecule has 13 heteroatoms. The van der Waals surface area contributed by atoms with E-state index in [2.05, 4.69) is 25.3 Å². The van der Waals surface area contributed by atoms with Crippen LogP contribution in [-0.4, -0.2) is 87.1 Å². The van der Waals surface area contributed by atoms with Crippen molar-refractivity contribution in [3.05, 3.63) is 36.0 Å². The molecule has 0 bridgehead atoms. The minimum atomic E-state index is -2.61. The lowest BCUT2D eigenvalue weighted by atomic mass is 10.0. The number of halogens is 4. The van der Waals surface area contributed by atoms with Crippen LogP contribution in [0.15, 0.2) is 24.4 Å². The summed E-state index contributed by atoms with van der Waals surface area (Å²) in [6.45, 7) is 3.31. The Morgan fingerprint density at radius 2 is 2.05 bits per heavy atom. The van der Waals surface area contributed by atoms with Crippen LogP contribution in [-0.2, 0) is 11.3 Å². The summed E-state index contributed by atoms with van der Waals surface area (Å²) in [5, 5.41) is 7.59. The number of nitrogens with zero attached hydrogens (tertiary/aromatic N) is 6. The second kappa shape index (κ2) is 9.70. The van der Waals surface area contributed by atoms with Crippen molar-refractivity contribution in [1.29, 1.82) is 0 Å². The van der Waals surface area contributed by atoms with Crippen molar-refractivity contribution in [2.75, 3.05) is 38.7 Å². The molecule has 9 nitrogen and oxygen atoms in total. The summed E-state index contributed by atoms with van der Waals surface area (Å²) in [6.07, 6.45) is -1.47. The van der Waals surface area contributed by atoms with Gasteiger partial charge < -0.3 is 19.4 Å². The topological polar surface area (TPSA) is 81.7 Å². The van der Waals surface area contributed by atoms with Crippen molar-refractivity contribution in [2.24, 2.45) is 0 Å². The highest BCUT2D eigenvalue weighted by Gasteiger charge is 2.35. The Morgan fingerprint density at radius 3 is 2.74 bits per heavy atom. The zero-order chi connectivity index (χ0) is 26.6. The van der Waals surface area contributed by atoms with E-state index < -0.39 is 31.0 Å². The molecular formula is C25H27F4N7O2. The van der Waals surface area contributed by atoms with Crippen molar-refractivity contribution in [3.8, 4) is 17.0 Å². The van der Waals surface area contributed by atoms with E-state index in [4.69, 9.17) is 9.47 Å². The average molecular weight is 534 g/mol. The fourth-order valence-corrected chi connectivity index (χ4v) is 5.27. The maximum atomic E-state index is 15.0. The van der Waals surface area contributed by atoms with E-state index in [9.17, 15) is 13.2 Å². The molecule has 202 valence electrons. The summed E-state index contributed by atoms with van der Waals surface area (Å²) in [5.74, 6) is 0.0873. The number of rotatable bonds is 7. The lowest BCUT2D eigenvalue weighted by Crippen LogP contribution is -2.57. The van der Waals surface area contributed by atoms with Gasteiger partial charge in [0.1, 0.15) is 23.0 Å². The molecule has 2 aliphatic rings. The van der Waals surface area contributed by atoms with Gasteiger partial charge >= 0.3 is 0 Å². The predicted octanol–water partition coefficient (Wildman–Crippen LogP) is 3.69. The van der Waals surface area contributed by atoms with Crippen molar-refractivity contribution in [3.63, 3.8) is 0 Å². The second-order valence-corrected chi connectivity index (χ2v) is 9.70. The van der Waals surface area contributed by atoms with Gasteiger partial charge in [-0.25, -0.2) is 27.1 Å². The Bertz CT molecular complexity index is 1490. The number of aromatic nitrogens is 5. The summed E-state index contributed by atoms with van der Waals surface area (Å²) < 4.78 is 69.9. The number of hydrogen-bond donors (Lipinski definition) is 1. The van der Waals surface area contributed by atoms with Crippen LogP contribution in [0.4, 0.5) is 23.5 Å². The monoisotopic (exact) mass is 533 g/mol. The largest absolute Gasteiger partial charge is 0.479 e. The smallest absolute Gasteiger partial charge is 0.256 e. The van der Waals surface area contributed by atoms with Crippen LogP contribution in [0.5, 0.6) is 5.88 Å². The van der Waals surface area contributed by atoms with Gasteiger partial charge in [-0.3, -0.25) is 4.90 Å². The van der Waals surface area contributed by atoms with Gasteiger partial charge in [-0.05, 0) is 37.1 Å². The number of benzene rings is 1. The number of ether oxygens (including phenoxy) is 2. The molecule has 2 atom stereocenters. The number of methoxy groups -OCH3 is 1. The minimum Gasteiger partial charge on any atom is -0.479 e. The average Bonchev–Trinajstić information content (AvgIpc) is 3.40. The molecule has 4 aromatic rings. The van der Waals surface area contributed by atoms with Crippen LogP contribution in [0.2, 0.25) is 0 Å². The third kappa shape index (κ3) is 4.33. The van der Waals surface area contributed by atoms with Gasteiger partial charge in [-0.1, -0.05) is 0 Å². The van der Waals surface area contributed by atoms with E-state index in [0.29, 0.717) is 48.6 Å². The third-order valence-corrected chi connectivity index (χ3v) is 7.33. The van der Waals surface area contributed by atoms with Gasteiger partial charge in [0.05, 0.1) is 44.5 Å². The Balaban J connectivity index is 1.32. The lowest BCUT2D eigenvalue weighted by Gasteiger charge is -2.42. The van der Waals surface area contributed by atoms with Crippen molar-refractivity contribution in [2.45, 2.75) is 44.6 Å². The zero-order valence-electron chi connectivity index (χ0n) is 20.9. The molecule has 5 heterocycles. The number of fused-ring (bicyclic) bond motifs is 2. The number of nitrogens with one attached hydrogen (secondary N) is 1. The van der Waals surface area contributed by atoms with E-state index in [1.165, 1.54) is 22.3 Å². The van der Waals surface area contributed by atoms with Gasteiger partial charge in [-0.15, -0.1) is 5.10 Å². The number of likely N-dealkylation sites (tertiary alicyclic amines) is 1. The zero-order valence-corrected chi connectivity index (χ0v) is 20.9. The van der Waals surface area contributed by atoms with Gasteiger partial charge in [0.25, 0.3) is 6.43 Å². The number of alkyl halides is 3. The van der Waals surface area contributed by atoms with Crippen LogP contribution in [0.1, 0.15) is 12.2 Å². The first-order valence-electron chi connectivity index (χ1n) is 12.4. The van der Waals surface area contributed by atoms with Crippen molar-refractivity contribution in [1.82, 2.24) is 29.0 Å². The van der Waals surface area contributed by atoms with Gasteiger partial charge in [0.2, 0.25) is 11.8 Å². The minimum absolute atomic E-state index is 0.0294. The van der Waals surface area contributed by atoms with Crippen LogP contribution in [0.3, 0.4) is 0 Å². The fraction of sp³-hybridized carbons (Fsp3) is 0.480. The number of hydrogen-bond acceptors (Lipinski definition) is 7. The molecule has 0 unspecified atom stereocenters. The number of aryl methyl sites for hydroxylation is 1. The standard InChI is InChI=1S/C25H27F4N7O2/c1-13-30-22-17(26)7-14(8-20(22)35(13)10-21(28)29)16-3-6-36-23(16)24(37-2)32-25(33-36)31-19-4-5-34(9-18(19)27)15-11-38-12-15/h3,6-8,15,18-19,21H,4-5,9-12H2,1-2H3,(H,31,33)/t18-,19-/m0/s1. The molecule has 0 radical (unpaired) electrons. The molecule has 38 heavy (non-hydrogen) atoms. The normalized spacial score (nSPS) is 20.9. The van der Waals surface area contributed by atoms with Gasteiger partial charge in [0, 0.05) is 24.8 Å². The quantitative estimate of drug-likeness (QED) is 0.363. The highest BCUT2D eigenvalue weighted by molar-refractivity contribution is 5.90. The van der Waals surface area contributed by atoms with Crippen LogP contribution < -0.4 is 10.1 Å². The SMILES string of the molecule is COc1nc(N[C@H]2CCN(C3COC3)C[C@@H]2F)nn2ccc(-c3cc(F)c4nc(C)n(CC(F)F)c4c3)c12. The third-order valence-electron chi connectivity index (χ3n) is 7.33. The molecule has 2 aliphatic heterocycles. The fourth-order valence-electron chi connectivity index (χ4n) is 5.27. The summed E-state index contributed by atoms with van der Waals surface area (Å²) in [4.78, 5) is 10.7. The van der Waals surface area contributed by atoms with Gasteiger partial charge in [-0.2, -0.15) is 4.98 Å². The summed E-state index contributed by atoms with van der Waals surface area (Å²) >= 11 is 0. The Morgan fingerprint density at radius 1 is 1.24 bits per heavy atom. The summed E-state index contributed by atoms with van der Waals surface area (Å²) in [5.41, 5.74) is 1.75. The molecule has 6 rings (SSSR count). The molecule has 0 aliphatic carbocycles. The van der Waals surface area contributed by atoms with Crippen molar-refractivity contribution >= 4 is 22.5 Å². The van der Waals surface area contributed by atoms with E-state index in [0.717, 1.165) is 6.54 Å². The first kappa shape index (κ1) is 24.9. The Labute approximate surface area is 215 Å². The highest BCUT2D eigenvalue weighted by Crippen LogP contribution is 2.35. The van der Waals surface area contributed by atoms with E-state index in [-0.39, 0.29) is 28.9 Å².